The summed E-state index contributed by atoms with van der Waals surface area (Å²) in [5, 5.41) is 3.18. The van der Waals surface area contributed by atoms with Crippen molar-refractivity contribution in [2.45, 2.75) is 25.3 Å². The first-order valence-corrected chi connectivity index (χ1v) is 9.12. The molecule has 0 aliphatic rings. The van der Waals surface area contributed by atoms with Crippen LogP contribution in [0.2, 0.25) is 5.02 Å². The first kappa shape index (κ1) is 17.5. The Labute approximate surface area is 141 Å². The molecule has 0 aliphatic heterocycles. The second-order valence-electron chi connectivity index (χ2n) is 5.43. The minimum atomic E-state index is -3.66. The zero-order chi connectivity index (χ0) is 17.0. The molecular weight excluding hydrogens is 334 g/mol. The summed E-state index contributed by atoms with van der Waals surface area (Å²) in [7, 11) is -3.66. The van der Waals surface area contributed by atoms with Crippen molar-refractivity contribution < 1.29 is 13.2 Å². The van der Waals surface area contributed by atoms with Gasteiger partial charge in [0.1, 0.15) is 5.75 Å². The van der Waals surface area contributed by atoms with Crippen LogP contribution in [0, 0.1) is 13.8 Å². The van der Waals surface area contributed by atoms with Crippen LogP contribution < -0.4 is 5.32 Å². The summed E-state index contributed by atoms with van der Waals surface area (Å²) in [5.41, 5.74) is 2.44. The van der Waals surface area contributed by atoms with Crippen LogP contribution in [0.15, 0.2) is 47.4 Å². The second-order valence-corrected chi connectivity index (χ2v) is 7.83. The fourth-order valence-corrected chi connectivity index (χ4v) is 3.94. The average Bonchev–Trinajstić information content (AvgIpc) is 2.44. The standard InChI is InChI=1S/C17H18ClNO3S/c1-12-6-7-16(13(2)8-12)23(21,22)11-17(20)19-10-14-4-3-5-15(18)9-14/h3-9H,10-11H2,1-2H3,(H,19,20). The lowest BCUT2D eigenvalue weighted by Crippen LogP contribution is -2.30. The molecule has 2 aromatic rings. The van der Waals surface area contributed by atoms with E-state index in [0.717, 1.165) is 11.1 Å². The number of hydrogen-bond acceptors (Lipinski definition) is 3. The number of amides is 1. The van der Waals surface area contributed by atoms with Gasteiger partial charge in [-0.3, -0.25) is 4.79 Å². The highest BCUT2D eigenvalue weighted by Gasteiger charge is 2.21. The molecule has 1 N–H and O–H groups in total. The molecule has 0 fully saturated rings. The predicted octanol–water partition coefficient (Wildman–Crippen LogP) is 3.05. The molecule has 0 radical (unpaired) electrons. The number of hydrogen-bond donors (Lipinski definition) is 1. The minimum absolute atomic E-state index is 0.195. The van der Waals surface area contributed by atoms with Gasteiger partial charge < -0.3 is 5.32 Å². The molecule has 23 heavy (non-hydrogen) atoms. The van der Waals surface area contributed by atoms with Gasteiger partial charge >= 0.3 is 0 Å². The monoisotopic (exact) mass is 351 g/mol. The number of carbonyl (C=O) groups is 1. The van der Waals surface area contributed by atoms with E-state index in [4.69, 9.17) is 11.6 Å². The summed E-state index contributed by atoms with van der Waals surface area (Å²) in [5.74, 6) is -1.11. The summed E-state index contributed by atoms with van der Waals surface area (Å²) >= 11 is 5.87. The van der Waals surface area contributed by atoms with Gasteiger partial charge in [-0.1, -0.05) is 41.4 Å². The number of carbonyl (C=O) groups excluding carboxylic acids is 1. The lowest BCUT2D eigenvalue weighted by atomic mass is 10.2. The maximum absolute atomic E-state index is 12.4. The molecule has 2 rings (SSSR count). The van der Waals surface area contributed by atoms with Crippen molar-refractivity contribution in [2.24, 2.45) is 0 Å². The summed E-state index contributed by atoms with van der Waals surface area (Å²) in [6.45, 7) is 3.85. The highest BCUT2D eigenvalue weighted by molar-refractivity contribution is 7.92. The molecule has 1 amide bonds. The van der Waals surface area contributed by atoms with Crippen molar-refractivity contribution in [2.75, 3.05) is 5.75 Å². The van der Waals surface area contributed by atoms with Gasteiger partial charge in [0.05, 0.1) is 4.90 Å². The summed E-state index contributed by atoms with van der Waals surface area (Å²) in [6.07, 6.45) is 0. The van der Waals surface area contributed by atoms with E-state index in [-0.39, 0.29) is 11.4 Å². The van der Waals surface area contributed by atoms with Gasteiger partial charge in [0, 0.05) is 11.6 Å². The zero-order valence-corrected chi connectivity index (χ0v) is 14.5. The number of benzene rings is 2. The Bertz CT molecular complexity index is 831. The third-order valence-electron chi connectivity index (χ3n) is 3.37. The fourth-order valence-electron chi connectivity index (χ4n) is 2.30. The van der Waals surface area contributed by atoms with Crippen LogP contribution in [0.25, 0.3) is 0 Å². The van der Waals surface area contributed by atoms with Gasteiger partial charge in [0.2, 0.25) is 5.91 Å². The van der Waals surface area contributed by atoms with E-state index in [1.165, 1.54) is 0 Å². The molecule has 0 aliphatic carbocycles. The normalized spacial score (nSPS) is 11.3. The Morgan fingerprint density at radius 1 is 1.13 bits per heavy atom. The molecule has 0 saturated heterocycles. The molecule has 0 saturated carbocycles. The Balaban J connectivity index is 2.04. The average molecular weight is 352 g/mol. The molecular formula is C17H18ClNO3S. The molecule has 0 spiro atoms. The van der Waals surface area contributed by atoms with Gasteiger partial charge in [-0.2, -0.15) is 0 Å². The number of sulfone groups is 1. The summed E-state index contributed by atoms with van der Waals surface area (Å²) < 4.78 is 24.7. The fraction of sp³-hybridized carbons (Fsp3) is 0.235. The van der Waals surface area contributed by atoms with Gasteiger partial charge in [0.25, 0.3) is 0 Å². The van der Waals surface area contributed by atoms with Crippen molar-refractivity contribution in [3.63, 3.8) is 0 Å². The van der Waals surface area contributed by atoms with E-state index in [0.29, 0.717) is 10.6 Å². The van der Waals surface area contributed by atoms with Crippen molar-refractivity contribution in [1.82, 2.24) is 5.32 Å². The van der Waals surface area contributed by atoms with Crippen LogP contribution in [-0.2, 0) is 21.2 Å². The lowest BCUT2D eigenvalue weighted by molar-refractivity contribution is -0.118. The predicted molar refractivity (Wildman–Crippen MR) is 91.3 cm³/mol. The van der Waals surface area contributed by atoms with Gasteiger partial charge in [-0.15, -0.1) is 0 Å². The largest absolute Gasteiger partial charge is 0.351 e. The molecule has 0 atom stereocenters. The van der Waals surface area contributed by atoms with Crippen LogP contribution in [0.1, 0.15) is 16.7 Å². The van der Waals surface area contributed by atoms with E-state index in [1.54, 1.807) is 43.3 Å². The van der Waals surface area contributed by atoms with E-state index >= 15 is 0 Å². The topological polar surface area (TPSA) is 63.2 Å². The van der Waals surface area contributed by atoms with E-state index < -0.39 is 21.5 Å². The Hall–Kier alpha value is -1.85. The van der Waals surface area contributed by atoms with Crippen molar-refractivity contribution >= 4 is 27.3 Å². The molecule has 0 unspecified atom stereocenters. The highest BCUT2D eigenvalue weighted by atomic mass is 35.5. The van der Waals surface area contributed by atoms with Gasteiger partial charge in [-0.05, 0) is 43.2 Å². The third-order valence-corrected chi connectivity index (χ3v) is 5.37. The maximum atomic E-state index is 12.4. The Kier molecular flexibility index (Phi) is 5.44. The van der Waals surface area contributed by atoms with Gasteiger partial charge in [0.15, 0.2) is 9.84 Å². The van der Waals surface area contributed by atoms with E-state index in [2.05, 4.69) is 5.32 Å². The van der Waals surface area contributed by atoms with Crippen LogP contribution >= 0.6 is 11.6 Å². The third kappa shape index (κ3) is 4.81. The van der Waals surface area contributed by atoms with Crippen molar-refractivity contribution in [1.29, 1.82) is 0 Å². The Morgan fingerprint density at radius 2 is 1.87 bits per heavy atom. The molecule has 4 nitrogen and oxygen atoms in total. The minimum Gasteiger partial charge on any atom is -0.351 e. The van der Waals surface area contributed by atoms with E-state index in [9.17, 15) is 13.2 Å². The summed E-state index contributed by atoms with van der Waals surface area (Å²) in [4.78, 5) is 12.1. The van der Waals surface area contributed by atoms with Gasteiger partial charge in [-0.25, -0.2) is 8.42 Å². The molecule has 2 aromatic carbocycles. The number of nitrogens with one attached hydrogen (secondary N) is 1. The first-order chi connectivity index (χ1) is 10.8. The quantitative estimate of drug-likeness (QED) is 0.900. The number of halogens is 1. The van der Waals surface area contributed by atoms with Crippen LogP contribution in [0.3, 0.4) is 0 Å². The van der Waals surface area contributed by atoms with Crippen LogP contribution in [0.5, 0.6) is 0 Å². The first-order valence-electron chi connectivity index (χ1n) is 7.09. The maximum Gasteiger partial charge on any atom is 0.235 e. The van der Waals surface area contributed by atoms with Crippen molar-refractivity contribution in [3.8, 4) is 0 Å². The van der Waals surface area contributed by atoms with Crippen molar-refractivity contribution in [3.05, 3.63) is 64.2 Å². The Morgan fingerprint density at radius 3 is 2.52 bits per heavy atom. The van der Waals surface area contributed by atoms with Crippen LogP contribution in [-0.4, -0.2) is 20.1 Å². The number of aryl methyl sites for hydroxylation is 2. The molecule has 0 aromatic heterocycles. The molecule has 6 heteroatoms. The zero-order valence-electron chi connectivity index (χ0n) is 13.0. The smallest absolute Gasteiger partial charge is 0.235 e. The van der Waals surface area contributed by atoms with E-state index in [1.807, 2.05) is 13.0 Å². The lowest BCUT2D eigenvalue weighted by Gasteiger charge is -2.09. The molecule has 0 bridgehead atoms. The second kappa shape index (κ2) is 7.15. The van der Waals surface area contributed by atoms with Crippen LogP contribution in [0.4, 0.5) is 0 Å². The SMILES string of the molecule is Cc1ccc(S(=O)(=O)CC(=O)NCc2cccc(Cl)c2)c(C)c1. The molecule has 122 valence electrons. The number of rotatable bonds is 5. The molecule has 0 heterocycles. The highest BCUT2D eigenvalue weighted by Crippen LogP contribution is 2.18. The summed E-state index contributed by atoms with van der Waals surface area (Å²) in [6, 6.07) is 12.1.